The molecule has 0 saturated heterocycles. The molecule has 4 heteroatoms. The van der Waals surface area contributed by atoms with Gasteiger partial charge < -0.3 is 5.73 Å². The number of rotatable bonds is 5. The van der Waals surface area contributed by atoms with Crippen LogP contribution in [0.15, 0.2) is 10.9 Å². The molecule has 0 aliphatic rings. The van der Waals surface area contributed by atoms with Crippen molar-refractivity contribution in [1.29, 1.82) is 0 Å². The van der Waals surface area contributed by atoms with Gasteiger partial charge in [0, 0.05) is 18.5 Å². The van der Waals surface area contributed by atoms with Crippen LogP contribution in [0.1, 0.15) is 19.5 Å². The van der Waals surface area contributed by atoms with Crippen LogP contribution in [-0.2, 0) is 6.54 Å². The van der Waals surface area contributed by atoms with E-state index in [1.165, 1.54) is 0 Å². The highest BCUT2D eigenvalue weighted by Gasteiger charge is 2.18. The van der Waals surface area contributed by atoms with Crippen LogP contribution in [-0.4, -0.2) is 30.0 Å². The molecule has 0 aliphatic carbocycles. The summed E-state index contributed by atoms with van der Waals surface area (Å²) in [6.07, 6.45) is 0. The quantitative estimate of drug-likeness (QED) is 0.807. The van der Waals surface area contributed by atoms with E-state index in [0.717, 1.165) is 18.8 Å². The van der Waals surface area contributed by atoms with Gasteiger partial charge in [-0.2, -0.15) is 0 Å². The summed E-state index contributed by atoms with van der Waals surface area (Å²) in [7, 11) is 2.11. The summed E-state index contributed by atoms with van der Waals surface area (Å²) in [5.41, 5.74) is 8.89. The van der Waals surface area contributed by atoms with E-state index in [1.54, 1.807) is 11.3 Å². The number of thiazole rings is 1. The van der Waals surface area contributed by atoms with Crippen LogP contribution < -0.4 is 5.73 Å². The number of hydrogen-bond acceptors (Lipinski definition) is 4. The largest absolute Gasteiger partial charge is 0.330 e. The Labute approximate surface area is 89.9 Å². The van der Waals surface area contributed by atoms with Crippen molar-refractivity contribution in [3.8, 4) is 0 Å². The van der Waals surface area contributed by atoms with Crippen LogP contribution in [0.4, 0.5) is 0 Å². The van der Waals surface area contributed by atoms with Crippen LogP contribution >= 0.6 is 11.3 Å². The number of aromatic nitrogens is 1. The molecule has 0 bridgehead atoms. The summed E-state index contributed by atoms with van der Waals surface area (Å²) in [6.45, 7) is 7.00. The van der Waals surface area contributed by atoms with E-state index in [-0.39, 0.29) is 5.41 Å². The predicted molar refractivity (Wildman–Crippen MR) is 61.3 cm³/mol. The van der Waals surface area contributed by atoms with Crippen LogP contribution in [0.2, 0.25) is 0 Å². The Hall–Kier alpha value is -0.450. The molecule has 14 heavy (non-hydrogen) atoms. The maximum absolute atomic E-state index is 5.69. The van der Waals surface area contributed by atoms with Crippen molar-refractivity contribution in [2.75, 3.05) is 20.1 Å². The van der Waals surface area contributed by atoms with Crippen LogP contribution in [0.5, 0.6) is 0 Å². The maximum Gasteiger partial charge on any atom is 0.0795 e. The van der Waals surface area contributed by atoms with Crippen molar-refractivity contribution in [2.24, 2.45) is 11.1 Å². The van der Waals surface area contributed by atoms with Crippen molar-refractivity contribution in [3.63, 3.8) is 0 Å². The Morgan fingerprint density at radius 3 is 2.79 bits per heavy atom. The molecule has 1 rings (SSSR count). The van der Waals surface area contributed by atoms with Crippen LogP contribution in [0, 0.1) is 5.41 Å². The van der Waals surface area contributed by atoms with Gasteiger partial charge in [0.05, 0.1) is 11.2 Å². The Kier molecular flexibility index (Phi) is 4.04. The second-order valence-electron chi connectivity index (χ2n) is 4.52. The highest BCUT2D eigenvalue weighted by atomic mass is 32.1. The first-order valence-electron chi connectivity index (χ1n) is 4.79. The smallest absolute Gasteiger partial charge is 0.0795 e. The number of nitrogens with two attached hydrogens (primary N) is 1. The Balaban J connectivity index is 2.40. The molecule has 2 N–H and O–H groups in total. The summed E-state index contributed by atoms with van der Waals surface area (Å²) >= 11 is 1.64. The first kappa shape index (κ1) is 11.6. The third-order valence-electron chi connectivity index (χ3n) is 2.17. The van der Waals surface area contributed by atoms with E-state index in [4.69, 9.17) is 5.73 Å². The minimum Gasteiger partial charge on any atom is -0.330 e. The summed E-state index contributed by atoms with van der Waals surface area (Å²) in [4.78, 5) is 6.52. The van der Waals surface area contributed by atoms with Gasteiger partial charge >= 0.3 is 0 Å². The second-order valence-corrected chi connectivity index (χ2v) is 5.24. The minimum absolute atomic E-state index is 0.185. The average molecular weight is 213 g/mol. The maximum atomic E-state index is 5.69. The van der Waals surface area contributed by atoms with Crippen LogP contribution in [0.3, 0.4) is 0 Å². The molecule has 0 saturated carbocycles. The van der Waals surface area contributed by atoms with Gasteiger partial charge in [0.15, 0.2) is 0 Å². The van der Waals surface area contributed by atoms with Crippen molar-refractivity contribution < 1.29 is 0 Å². The van der Waals surface area contributed by atoms with Gasteiger partial charge in [-0.15, -0.1) is 11.3 Å². The molecule has 0 aromatic carbocycles. The monoisotopic (exact) mass is 213 g/mol. The van der Waals surface area contributed by atoms with E-state index >= 15 is 0 Å². The minimum atomic E-state index is 0.185. The second kappa shape index (κ2) is 4.87. The molecular weight excluding hydrogens is 194 g/mol. The van der Waals surface area contributed by atoms with E-state index in [9.17, 15) is 0 Å². The standard InChI is InChI=1S/C10H19N3S/c1-10(2,6-11)7-13(3)4-9-5-14-8-12-9/h5,8H,4,6-7,11H2,1-3H3. The molecule has 0 atom stereocenters. The van der Waals surface area contributed by atoms with E-state index in [1.807, 2.05) is 5.51 Å². The third-order valence-corrected chi connectivity index (χ3v) is 2.80. The fourth-order valence-electron chi connectivity index (χ4n) is 1.44. The molecule has 0 unspecified atom stereocenters. The highest BCUT2D eigenvalue weighted by molar-refractivity contribution is 7.07. The molecule has 0 radical (unpaired) electrons. The summed E-state index contributed by atoms with van der Waals surface area (Å²) in [5.74, 6) is 0. The van der Waals surface area contributed by atoms with Gasteiger partial charge in [0.25, 0.3) is 0 Å². The Bertz CT molecular complexity index is 256. The highest BCUT2D eigenvalue weighted by Crippen LogP contribution is 2.15. The van der Waals surface area contributed by atoms with E-state index in [0.29, 0.717) is 6.54 Å². The van der Waals surface area contributed by atoms with Crippen molar-refractivity contribution in [1.82, 2.24) is 9.88 Å². The molecule has 0 spiro atoms. The molecule has 0 aliphatic heterocycles. The molecule has 0 fully saturated rings. The topological polar surface area (TPSA) is 42.2 Å². The number of hydrogen-bond donors (Lipinski definition) is 1. The first-order valence-corrected chi connectivity index (χ1v) is 5.73. The zero-order valence-electron chi connectivity index (χ0n) is 9.16. The predicted octanol–water partition coefficient (Wildman–Crippen LogP) is 1.56. The fourth-order valence-corrected chi connectivity index (χ4v) is 1.99. The summed E-state index contributed by atoms with van der Waals surface area (Å²) in [6, 6.07) is 0. The molecular formula is C10H19N3S. The average Bonchev–Trinajstić information content (AvgIpc) is 2.55. The van der Waals surface area contributed by atoms with Crippen LogP contribution in [0.25, 0.3) is 0 Å². The Morgan fingerprint density at radius 1 is 1.57 bits per heavy atom. The zero-order valence-corrected chi connectivity index (χ0v) is 9.97. The van der Waals surface area contributed by atoms with E-state index < -0.39 is 0 Å². The van der Waals surface area contributed by atoms with Crippen molar-refractivity contribution in [2.45, 2.75) is 20.4 Å². The lowest BCUT2D eigenvalue weighted by molar-refractivity contribution is 0.208. The van der Waals surface area contributed by atoms with Gasteiger partial charge in [0.1, 0.15) is 0 Å². The lowest BCUT2D eigenvalue weighted by Gasteiger charge is -2.28. The molecule has 3 nitrogen and oxygen atoms in total. The normalized spacial score (nSPS) is 12.4. The molecule has 80 valence electrons. The third kappa shape index (κ3) is 3.74. The fraction of sp³-hybridized carbons (Fsp3) is 0.700. The van der Waals surface area contributed by atoms with Gasteiger partial charge in [-0.25, -0.2) is 4.98 Å². The lowest BCUT2D eigenvalue weighted by atomic mass is 9.93. The van der Waals surface area contributed by atoms with Gasteiger partial charge in [-0.05, 0) is 19.0 Å². The van der Waals surface area contributed by atoms with E-state index in [2.05, 4.69) is 36.2 Å². The first-order chi connectivity index (χ1) is 6.53. The molecule has 1 heterocycles. The molecule has 1 aromatic heterocycles. The van der Waals surface area contributed by atoms with Gasteiger partial charge in [0.2, 0.25) is 0 Å². The Morgan fingerprint density at radius 2 is 2.29 bits per heavy atom. The van der Waals surface area contributed by atoms with Crippen molar-refractivity contribution in [3.05, 3.63) is 16.6 Å². The molecule has 1 aromatic rings. The summed E-state index contributed by atoms with van der Waals surface area (Å²) in [5, 5.41) is 2.09. The zero-order chi connectivity index (χ0) is 10.6. The molecule has 0 amide bonds. The van der Waals surface area contributed by atoms with Crippen molar-refractivity contribution >= 4 is 11.3 Å². The van der Waals surface area contributed by atoms with Gasteiger partial charge in [-0.1, -0.05) is 13.8 Å². The number of nitrogens with zero attached hydrogens (tertiary/aromatic N) is 2. The SMILES string of the molecule is CN(Cc1cscn1)CC(C)(C)CN. The lowest BCUT2D eigenvalue weighted by Crippen LogP contribution is -2.36. The summed E-state index contributed by atoms with van der Waals surface area (Å²) < 4.78 is 0. The van der Waals surface area contributed by atoms with Gasteiger partial charge in [-0.3, -0.25) is 4.90 Å².